The van der Waals surface area contributed by atoms with Gasteiger partial charge in [0.25, 0.3) is 0 Å². The van der Waals surface area contributed by atoms with E-state index in [0.29, 0.717) is 12.0 Å². The minimum atomic E-state index is 0.00260. The molecule has 0 spiro atoms. The first kappa shape index (κ1) is 17.4. The van der Waals surface area contributed by atoms with E-state index in [4.69, 9.17) is 0 Å². The molecule has 1 amide bonds. The molecule has 0 aromatic heterocycles. The van der Waals surface area contributed by atoms with E-state index in [1.54, 1.807) is 11.8 Å². The standard InChI is InChI=1S/C18H28N2OS/c1-14(2)20-10-9-17(12-20)11-19-18(21)15(3)22-13-16-7-5-4-6-8-16/h4-8,14-15,17H,9-13H2,1-3H3,(H,19,21)/t15-,17-/m0/s1. The van der Waals surface area contributed by atoms with Gasteiger partial charge in [0.15, 0.2) is 0 Å². The summed E-state index contributed by atoms with van der Waals surface area (Å²) in [7, 11) is 0. The molecule has 1 saturated heterocycles. The van der Waals surface area contributed by atoms with Crippen molar-refractivity contribution >= 4 is 17.7 Å². The zero-order chi connectivity index (χ0) is 15.9. The van der Waals surface area contributed by atoms with E-state index in [-0.39, 0.29) is 11.2 Å². The lowest BCUT2D eigenvalue weighted by Crippen LogP contribution is -2.36. The molecule has 1 aromatic rings. The van der Waals surface area contributed by atoms with Gasteiger partial charge in [-0.1, -0.05) is 30.3 Å². The summed E-state index contributed by atoms with van der Waals surface area (Å²) in [6.45, 7) is 9.57. The number of amides is 1. The van der Waals surface area contributed by atoms with Crippen molar-refractivity contribution in [2.24, 2.45) is 5.92 Å². The summed E-state index contributed by atoms with van der Waals surface area (Å²) in [6.07, 6.45) is 1.20. The van der Waals surface area contributed by atoms with Crippen LogP contribution in [0.1, 0.15) is 32.8 Å². The number of hydrogen-bond acceptors (Lipinski definition) is 3. The molecule has 4 heteroatoms. The number of carbonyl (C=O) groups excluding carboxylic acids is 1. The zero-order valence-electron chi connectivity index (χ0n) is 13.9. The first-order chi connectivity index (χ1) is 10.6. The predicted octanol–water partition coefficient (Wildman–Crippen LogP) is 3.15. The van der Waals surface area contributed by atoms with Gasteiger partial charge in [-0.15, -0.1) is 11.8 Å². The molecule has 0 bridgehead atoms. The van der Waals surface area contributed by atoms with Crippen LogP contribution in [0.3, 0.4) is 0 Å². The normalized spacial score (nSPS) is 20.3. The lowest BCUT2D eigenvalue weighted by Gasteiger charge is -2.20. The number of hydrogen-bond donors (Lipinski definition) is 1. The fourth-order valence-electron chi connectivity index (χ4n) is 2.76. The Balaban J connectivity index is 1.66. The van der Waals surface area contributed by atoms with Gasteiger partial charge >= 0.3 is 0 Å². The first-order valence-electron chi connectivity index (χ1n) is 8.23. The number of nitrogens with zero attached hydrogens (tertiary/aromatic N) is 1. The van der Waals surface area contributed by atoms with E-state index in [1.807, 2.05) is 25.1 Å². The summed E-state index contributed by atoms with van der Waals surface area (Å²) >= 11 is 1.70. The maximum Gasteiger partial charge on any atom is 0.232 e. The Bertz CT molecular complexity index is 463. The van der Waals surface area contributed by atoms with Crippen molar-refractivity contribution in [2.45, 2.75) is 44.2 Å². The van der Waals surface area contributed by atoms with E-state index >= 15 is 0 Å². The Morgan fingerprint density at radius 2 is 2.05 bits per heavy atom. The third-order valence-corrected chi connectivity index (χ3v) is 5.54. The minimum Gasteiger partial charge on any atom is -0.355 e. The first-order valence-corrected chi connectivity index (χ1v) is 9.28. The van der Waals surface area contributed by atoms with Crippen LogP contribution in [0.5, 0.6) is 0 Å². The molecule has 22 heavy (non-hydrogen) atoms. The number of nitrogens with one attached hydrogen (secondary N) is 1. The molecule has 0 radical (unpaired) electrons. The van der Waals surface area contributed by atoms with Crippen molar-refractivity contribution < 1.29 is 4.79 Å². The van der Waals surface area contributed by atoms with Crippen LogP contribution < -0.4 is 5.32 Å². The highest BCUT2D eigenvalue weighted by atomic mass is 32.2. The van der Waals surface area contributed by atoms with E-state index in [1.165, 1.54) is 12.0 Å². The Morgan fingerprint density at radius 3 is 2.68 bits per heavy atom. The van der Waals surface area contributed by atoms with Crippen molar-refractivity contribution in [3.63, 3.8) is 0 Å². The van der Waals surface area contributed by atoms with Crippen molar-refractivity contribution in [2.75, 3.05) is 19.6 Å². The van der Waals surface area contributed by atoms with Crippen molar-refractivity contribution in [1.82, 2.24) is 10.2 Å². The number of carbonyl (C=O) groups is 1. The summed E-state index contributed by atoms with van der Waals surface area (Å²) in [5.74, 6) is 1.67. The van der Waals surface area contributed by atoms with Crippen LogP contribution in [0.4, 0.5) is 0 Å². The van der Waals surface area contributed by atoms with E-state index < -0.39 is 0 Å². The fraction of sp³-hybridized carbons (Fsp3) is 0.611. The largest absolute Gasteiger partial charge is 0.355 e. The molecule has 1 fully saturated rings. The average molecular weight is 321 g/mol. The third-order valence-electron chi connectivity index (χ3n) is 4.32. The monoisotopic (exact) mass is 320 g/mol. The third kappa shape index (κ3) is 5.33. The molecule has 2 atom stereocenters. The highest BCUT2D eigenvalue weighted by Gasteiger charge is 2.25. The number of benzene rings is 1. The fourth-order valence-corrected chi connectivity index (χ4v) is 3.63. The van der Waals surface area contributed by atoms with Crippen LogP contribution in [0.25, 0.3) is 0 Å². The highest BCUT2D eigenvalue weighted by molar-refractivity contribution is 7.99. The quantitative estimate of drug-likeness (QED) is 0.837. The number of thioether (sulfide) groups is 1. The van der Waals surface area contributed by atoms with Crippen LogP contribution in [0.15, 0.2) is 30.3 Å². The van der Waals surface area contributed by atoms with Gasteiger partial charge in [0.1, 0.15) is 0 Å². The Kier molecular flexibility index (Phi) is 6.77. The predicted molar refractivity (Wildman–Crippen MR) is 95.0 cm³/mol. The Morgan fingerprint density at radius 1 is 1.32 bits per heavy atom. The van der Waals surface area contributed by atoms with Gasteiger partial charge in [-0.25, -0.2) is 0 Å². The minimum absolute atomic E-state index is 0.00260. The molecule has 0 saturated carbocycles. The van der Waals surface area contributed by atoms with Crippen LogP contribution in [-0.2, 0) is 10.5 Å². The lowest BCUT2D eigenvalue weighted by molar-refractivity contribution is -0.120. The van der Waals surface area contributed by atoms with Crippen molar-refractivity contribution in [1.29, 1.82) is 0 Å². The lowest BCUT2D eigenvalue weighted by atomic mass is 10.1. The molecule has 1 N–H and O–H groups in total. The van der Waals surface area contributed by atoms with Gasteiger partial charge in [0.05, 0.1) is 5.25 Å². The topological polar surface area (TPSA) is 32.3 Å². The van der Waals surface area contributed by atoms with E-state index in [0.717, 1.165) is 25.4 Å². The maximum atomic E-state index is 12.2. The second-order valence-corrected chi connectivity index (χ2v) is 7.76. The van der Waals surface area contributed by atoms with Gasteiger partial charge in [-0.2, -0.15) is 0 Å². The SMILES string of the molecule is CC(C)N1CC[C@@H](CNC(=O)[C@H](C)SCc2ccccc2)C1. The van der Waals surface area contributed by atoms with Gasteiger partial charge < -0.3 is 10.2 Å². The summed E-state index contributed by atoms with van der Waals surface area (Å²) in [5.41, 5.74) is 1.27. The zero-order valence-corrected chi connectivity index (χ0v) is 14.7. The molecule has 1 heterocycles. The molecule has 122 valence electrons. The summed E-state index contributed by atoms with van der Waals surface area (Å²) in [5, 5.41) is 3.14. The van der Waals surface area contributed by atoms with Crippen LogP contribution in [-0.4, -0.2) is 41.7 Å². The number of likely N-dealkylation sites (tertiary alicyclic amines) is 1. The van der Waals surface area contributed by atoms with Crippen LogP contribution >= 0.6 is 11.8 Å². The van der Waals surface area contributed by atoms with Gasteiger partial charge in [0.2, 0.25) is 5.91 Å². The van der Waals surface area contributed by atoms with Gasteiger partial charge in [0, 0.05) is 24.9 Å². The Labute approximate surface area is 138 Å². The average Bonchev–Trinajstić information content (AvgIpc) is 3.00. The van der Waals surface area contributed by atoms with E-state index in [2.05, 4.69) is 36.2 Å². The molecule has 2 rings (SSSR count). The second-order valence-electron chi connectivity index (χ2n) is 6.43. The second kappa shape index (κ2) is 8.59. The molecule has 0 aliphatic carbocycles. The molecular weight excluding hydrogens is 292 g/mol. The summed E-state index contributed by atoms with van der Waals surface area (Å²) in [4.78, 5) is 14.7. The van der Waals surface area contributed by atoms with Gasteiger partial charge in [-0.05, 0) is 45.2 Å². The molecule has 1 aliphatic rings. The van der Waals surface area contributed by atoms with Crippen molar-refractivity contribution in [3.8, 4) is 0 Å². The Hall–Kier alpha value is -1.00. The summed E-state index contributed by atoms with van der Waals surface area (Å²) < 4.78 is 0. The van der Waals surface area contributed by atoms with Crippen molar-refractivity contribution in [3.05, 3.63) is 35.9 Å². The molecule has 0 unspecified atom stereocenters. The maximum absolute atomic E-state index is 12.2. The van der Waals surface area contributed by atoms with Crippen LogP contribution in [0.2, 0.25) is 0 Å². The molecular formula is C18H28N2OS. The number of rotatable bonds is 7. The van der Waals surface area contributed by atoms with Gasteiger partial charge in [-0.3, -0.25) is 4.79 Å². The molecule has 1 aliphatic heterocycles. The van der Waals surface area contributed by atoms with E-state index in [9.17, 15) is 4.79 Å². The smallest absolute Gasteiger partial charge is 0.232 e. The summed E-state index contributed by atoms with van der Waals surface area (Å²) in [6, 6.07) is 10.9. The van der Waals surface area contributed by atoms with Crippen LogP contribution in [0, 0.1) is 5.92 Å². The molecule has 1 aromatic carbocycles. The highest BCUT2D eigenvalue weighted by Crippen LogP contribution is 2.19. The molecule has 3 nitrogen and oxygen atoms in total.